The monoisotopic (exact) mass is 329 g/mol. The number of nitrogens with two attached hydrogens (primary N) is 1. The summed E-state index contributed by atoms with van der Waals surface area (Å²) in [5.74, 6) is -1.93. The van der Waals surface area contributed by atoms with Gasteiger partial charge in [-0.25, -0.2) is 13.8 Å². The number of rotatable bonds is 4. The number of nitrogens with zero attached hydrogens (tertiary/aromatic N) is 1. The van der Waals surface area contributed by atoms with E-state index in [0.717, 1.165) is 24.4 Å². The standard InChI is InChI=1S/C12H9F2N3O2S2/c13-8-2-1-5-16-12(8)21(18,19)17-10-4-3-7(11(15)20)6-9(10)14/h1-6,17H,(H2,15,20). The summed E-state index contributed by atoms with van der Waals surface area (Å²) in [4.78, 5) is 3.40. The maximum absolute atomic E-state index is 13.8. The van der Waals surface area contributed by atoms with E-state index in [9.17, 15) is 17.2 Å². The zero-order valence-corrected chi connectivity index (χ0v) is 12.0. The van der Waals surface area contributed by atoms with Crippen LogP contribution >= 0.6 is 12.2 Å². The smallest absolute Gasteiger partial charge is 0.282 e. The Morgan fingerprint density at radius 1 is 1.24 bits per heavy atom. The molecule has 0 aliphatic carbocycles. The number of halogens is 2. The van der Waals surface area contributed by atoms with Crippen molar-refractivity contribution in [1.82, 2.24) is 4.98 Å². The van der Waals surface area contributed by atoms with Crippen LogP contribution in [-0.2, 0) is 10.0 Å². The average molecular weight is 329 g/mol. The summed E-state index contributed by atoms with van der Waals surface area (Å²) in [5, 5.41) is -0.817. The van der Waals surface area contributed by atoms with Crippen LogP contribution in [-0.4, -0.2) is 18.4 Å². The molecule has 9 heteroatoms. The molecule has 5 nitrogen and oxygen atoms in total. The van der Waals surface area contributed by atoms with Crippen molar-refractivity contribution in [2.45, 2.75) is 5.03 Å². The lowest BCUT2D eigenvalue weighted by Crippen LogP contribution is -2.17. The molecule has 110 valence electrons. The van der Waals surface area contributed by atoms with Crippen molar-refractivity contribution in [3.05, 3.63) is 53.7 Å². The van der Waals surface area contributed by atoms with E-state index in [0.29, 0.717) is 0 Å². The summed E-state index contributed by atoms with van der Waals surface area (Å²) in [7, 11) is -4.34. The van der Waals surface area contributed by atoms with E-state index in [1.807, 2.05) is 4.72 Å². The first kappa shape index (κ1) is 15.3. The fourth-order valence-corrected chi connectivity index (χ4v) is 2.72. The van der Waals surface area contributed by atoms with Crippen molar-refractivity contribution in [3.8, 4) is 0 Å². The largest absolute Gasteiger partial charge is 0.389 e. The molecule has 1 aromatic heterocycles. The number of pyridine rings is 1. The molecular formula is C12H9F2N3O2S2. The molecule has 0 bridgehead atoms. The molecule has 0 aliphatic heterocycles. The number of aromatic nitrogens is 1. The predicted octanol–water partition coefficient (Wildman–Crippen LogP) is 1.79. The van der Waals surface area contributed by atoms with E-state index in [1.54, 1.807) is 0 Å². The average Bonchev–Trinajstić information content (AvgIpc) is 2.41. The lowest BCUT2D eigenvalue weighted by Gasteiger charge is -2.09. The maximum Gasteiger partial charge on any atom is 0.282 e. The SMILES string of the molecule is NC(=S)c1ccc(NS(=O)(=O)c2ncccc2F)c(F)c1. The highest BCUT2D eigenvalue weighted by Crippen LogP contribution is 2.20. The highest BCUT2D eigenvalue weighted by atomic mass is 32.2. The Balaban J connectivity index is 2.38. The third-order valence-corrected chi connectivity index (χ3v) is 4.01. The van der Waals surface area contributed by atoms with Crippen molar-refractivity contribution in [3.63, 3.8) is 0 Å². The van der Waals surface area contributed by atoms with Gasteiger partial charge in [0, 0.05) is 11.8 Å². The van der Waals surface area contributed by atoms with Crippen LogP contribution in [0.1, 0.15) is 5.56 Å². The quantitative estimate of drug-likeness (QED) is 0.836. The van der Waals surface area contributed by atoms with Gasteiger partial charge in [0.15, 0.2) is 5.82 Å². The number of hydrogen-bond acceptors (Lipinski definition) is 4. The normalized spacial score (nSPS) is 11.1. The zero-order valence-electron chi connectivity index (χ0n) is 10.4. The Kier molecular flexibility index (Phi) is 4.14. The topological polar surface area (TPSA) is 85.1 Å². The summed E-state index contributed by atoms with van der Waals surface area (Å²) in [6.07, 6.45) is 1.12. The van der Waals surface area contributed by atoms with Gasteiger partial charge in [0.2, 0.25) is 5.03 Å². The molecular weight excluding hydrogens is 320 g/mol. The lowest BCUT2D eigenvalue weighted by atomic mass is 10.2. The molecule has 21 heavy (non-hydrogen) atoms. The molecule has 0 atom stereocenters. The number of sulfonamides is 1. The Morgan fingerprint density at radius 2 is 1.95 bits per heavy atom. The molecule has 3 N–H and O–H groups in total. The molecule has 1 heterocycles. The summed E-state index contributed by atoms with van der Waals surface area (Å²) in [6, 6.07) is 5.65. The highest BCUT2D eigenvalue weighted by molar-refractivity contribution is 7.92. The third kappa shape index (κ3) is 3.31. The van der Waals surface area contributed by atoms with Gasteiger partial charge in [-0.2, -0.15) is 8.42 Å². The van der Waals surface area contributed by atoms with Crippen molar-refractivity contribution in [2.24, 2.45) is 5.73 Å². The van der Waals surface area contributed by atoms with Gasteiger partial charge >= 0.3 is 0 Å². The van der Waals surface area contributed by atoms with E-state index in [2.05, 4.69) is 17.2 Å². The van der Waals surface area contributed by atoms with Crippen LogP contribution in [0.3, 0.4) is 0 Å². The molecule has 1 aromatic carbocycles. The molecule has 0 unspecified atom stereocenters. The first-order valence-corrected chi connectivity index (χ1v) is 7.43. The lowest BCUT2D eigenvalue weighted by molar-refractivity contribution is 0.556. The molecule has 0 saturated carbocycles. The van der Waals surface area contributed by atoms with Gasteiger partial charge < -0.3 is 5.73 Å². The maximum atomic E-state index is 13.8. The van der Waals surface area contributed by atoms with E-state index >= 15 is 0 Å². The van der Waals surface area contributed by atoms with Gasteiger partial charge in [0.05, 0.1) is 5.69 Å². The number of hydrogen-bond donors (Lipinski definition) is 2. The van der Waals surface area contributed by atoms with Crippen LogP contribution in [0.5, 0.6) is 0 Å². The molecule has 0 spiro atoms. The van der Waals surface area contributed by atoms with E-state index in [4.69, 9.17) is 5.73 Å². The Hall–Kier alpha value is -2.13. The van der Waals surface area contributed by atoms with Crippen LogP contribution in [0, 0.1) is 11.6 Å². The van der Waals surface area contributed by atoms with Crippen LogP contribution in [0.15, 0.2) is 41.6 Å². The van der Waals surface area contributed by atoms with Crippen LogP contribution < -0.4 is 10.5 Å². The highest BCUT2D eigenvalue weighted by Gasteiger charge is 2.22. The van der Waals surface area contributed by atoms with Crippen molar-refractivity contribution in [1.29, 1.82) is 0 Å². The Bertz CT molecular complexity index is 810. The second-order valence-electron chi connectivity index (χ2n) is 3.95. The first-order valence-electron chi connectivity index (χ1n) is 5.54. The minimum Gasteiger partial charge on any atom is -0.389 e. The summed E-state index contributed by atoms with van der Waals surface area (Å²) >= 11 is 4.68. The summed E-state index contributed by atoms with van der Waals surface area (Å²) < 4.78 is 53.1. The van der Waals surface area contributed by atoms with Gasteiger partial charge in [0.1, 0.15) is 10.8 Å². The van der Waals surface area contributed by atoms with Crippen molar-refractivity contribution < 1.29 is 17.2 Å². The first-order chi connectivity index (χ1) is 9.81. The zero-order chi connectivity index (χ0) is 15.6. The molecule has 0 fully saturated rings. The summed E-state index contributed by atoms with van der Waals surface area (Å²) in [5.41, 5.74) is 5.22. The number of benzene rings is 1. The van der Waals surface area contributed by atoms with Crippen LogP contribution in [0.4, 0.5) is 14.5 Å². The van der Waals surface area contributed by atoms with Crippen molar-refractivity contribution in [2.75, 3.05) is 4.72 Å². The van der Waals surface area contributed by atoms with E-state index < -0.39 is 26.7 Å². The van der Waals surface area contributed by atoms with Crippen LogP contribution in [0.2, 0.25) is 0 Å². The fraction of sp³-hybridized carbons (Fsp3) is 0. The Morgan fingerprint density at radius 3 is 2.52 bits per heavy atom. The number of thiocarbonyl (C=S) groups is 1. The molecule has 0 amide bonds. The Labute approximate surface area is 124 Å². The number of anilines is 1. The van der Waals surface area contributed by atoms with E-state index in [1.165, 1.54) is 12.1 Å². The molecule has 2 aromatic rings. The van der Waals surface area contributed by atoms with E-state index in [-0.39, 0.29) is 16.2 Å². The second-order valence-corrected chi connectivity index (χ2v) is 5.99. The van der Waals surface area contributed by atoms with Crippen LogP contribution in [0.25, 0.3) is 0 Å². The second kappa shape index (κ2) is 5.70. The molecule has 0 aliphatic rings. The minimum atomic E-state index is -4.34. The van der Waals surface area contributed by atoms with Gasteiger partial charge in [-0.15, -0.1) is 0 Å². The van der Waals surface area contributed by atoms with Crippen molar-refractivity contribution >= 4 is 32.9 Å². The predicted molar refractivity (Wildman–Crippen MR) is 77.3 cm³/mol. The van der Waals surface area contributed by atoms with Gasteiger partial charge in [0.25, 0.3) is 10.0 Å². The fourth-order valence-electron chi connectivity index (χ4n) is 1.51. The summed E-state index contributed by atoms with van der Waals surface area (Å²) in [6.45, 7) is 0. The van der Waals surface area contributed by atoms with Gasteiger partial charge in [-0.05, 0) is 30.3 Å². The third-order valence-electron chi connectivity index (χ3n) is 2.48. The molecule has 2 rings (SSSR count). The molecule has 0 saturated heterocycles. The van der Waals surface area contributed by atoms with Gasteiger partial charge in [-0.1, -0.05) is 12.2 Å². The molecule has 0 radical (unpaired) electrons. The minimum absolute atomic E-state index is 0.0286. The van der Waals surface area contributed by atoms with Gasteiger partial charge in [-0.3, -0.25) is 4.72 Å². The number of nitrogens with one attached hydrogen (secondary N) is 1.